The molecule has 0 radical (unpaired) electrons. The molecule has 0 spiro atoms. The van der Waals surface area contributed by atoms with Gasteiger partial charge in [0.1, 0.15) is 12.1 Å². The Bertz CT molecular complexity index is 1520. The van der Waals surface area contributed by atoms with Crippen LogP contribution in [0.15, 0.2) is 54.1 Å². The molecule has 186 valence electrons. The van der Waals surface area contributed by atoms with Crippen LogP contribution in [0.4, 0.5) is 16.0 Å². The van der Waals surface area contributed by atoms with Crippen LogP contribution >= 0.6 is 0 Å². The Morgan fingerprint density at radius 1 is 1.25 bits per heavy atom. The fourth-order valence-electron chi connectivity index (χ4n) is 4.54. The maximum absolute atomic E-state index is 13.7. The Morgan fingerprint density at radius 3 is 2.86 bits per heavy atom. The molecule has 1 aliphatic heterocycles. The van der Waals surface area contributed by atoms with E-state index in [0.717, 1.165) is 30.8 Å². The molecule has 3 aromatic heterocycles. The number of aryl methyl sites for hydroxylation is 1. The predicted octanol–water partition coefficient (Wildman–Crippen LogP) is 4.11. The third-order valence-electron chi connectivity index (χ3n) is 6.67. The molecule has 0 bridgehead atoms. The maximum atomic E-state index is 13.7. The lowest BCUT2D eigenvalue weighted by Gasteiger charge is -2.21. The summed E-state index contributed by atoms with van der Waals surface area (Å²) < 4.78 is 17.0. The van der Waals surface area contributed by atoms with Crippen LogP contribution < -0.4 is 16.2 Å². The summed E-state index contributed by atoms with van der Waals surface area (Å²) in [6, 6.07) is 7.92. The van der Waals surface area contributed by atoms with Crippen molar-refractivity contribution < 1.29 is 4.39 Å². The highest BCUT2D eigenvalue weighted by atomic mass is 19.1. The first-order valence-electron chi connectivity index (χ1n) is 12.0. The molecule has 1 aromatic carbocycles. The number of benzene rings is 1. The molecule has 0 saturated heterocycles. The number of allylic oxidation sites excluding steroid dienone is 1. The van der Waals surface area contributed by atoms with Gasteiger partial charge in [0.2, 0.25) is 5.95 Å². The molecule has 0 amide bonds. The van der Waals surface area contributed by atoms with Gasteiger partial charge in [0.15, 0.2) is 5.65 Å². The van der Waals surface area contributed by atoms with Gasteiger partial charge in [0.05, 0.1) is 17.9 Å². The molecule has 9 heteroatoms. The van der Waals surface area contributed by atoms with Gasteiger partial charge in [-0.15, -0.1) is 6.58 Å². The third kappa shape index (κ3) is 4.19. The molecule has 4 heterocycles. The molecule has 0 fully saturated rings. The molecule has 1 aliphatic rings. The van der Waals surface area contributed by atoms with Gasteiger partial charge in [0, 0.05) is 30.0 Å². The second kappa shape index (κ2) is 9.31. The lowest BCUT2D eigenvalue weighted by atomic mass is 9.90. The van der Waals surface area contributed by atoms with E-state index in [-0.39, 0.29) is 12.1 Å². The molecule has 0 unspecified atom stereocenters. The fourth-order valence-corrected chi connectivity index (χ4v) is 4.54. The van der Waals surface area contributed by atoms with E-state index >= 15 is 0 Å². The number of nitrogens with one attached hydrogen (secondary N) is 2. The van der Waals surface area contributed by atoms with Crippen LogP contribution in [0.3, 0.4) is 0 Å². The number of fused-ring (bicyclic) bond motifs is 2. The van der Waals surface area contributed by atoms with Crippen LogP contribution in [-0.2, 0) is 24.9 Å². The first-order valence-corrected chi connectivity index (χ1v) is 12.0. The van der Waals surface area contributed by atoms with Crippen LogP contribution in [0.25, 0.3) is 16.7 Å². The number of hydrogen-bond donors (Lipinski definition) is 2. The second-order valence-corrected chi connectivity index (χ2v) is 9.82. The number of halogens is 1. The summed E-state index contributed by atoms with van der Waals surface area (Å²) in [5.74, 6) is 0.386. The molecular weight excluding hydrogens is 457 g/mol. The maximum Gasteiger partial charge on any atom is 0.278 e. The smallest absolute Gasteiger partial charge is 0.278 e. The van der Waals surface area contributed by atoms with E-state index < -0.39 is 12.1 Å². The van der Waals surface area contributed by atoms with Gasteiger partial charge in [0.25, 0.3) is 5.56 Å². The topological polar surface area (TPSA) is 89.7 Å². The molecule has 0 saturated carbocycles. The van der Waals surface area contributed by atoms with E-state index in [1.165, 1.54) is 11.1 Å². The van der Waals surface area contributed by atoms with Crippen LogP contribution in [0, 0.1) is 6.92 Å². The standard InChI is InChI=1S/C27H30FN7O/c1-5-10-34-25(36)21-15-31-26(32-22-12-19-14-29-8-6-18(19)11-17(22)2)33-24(21)35(34)20-7-9-30-23(13-20)27(3,4)16-28/h5,7,9,11-13,15,29H,1,6,8,10,14,16H2,2-4H3,(H,31,32,33). The Balaban J connectivity index is 1.63. The quantitative estimate of drug-likeness (QED) is 0.382. The molecule has 0 atom stereocenters. The highest BCUT2D eigenvalue weighted by Gasteiger charge is 2.24. The highest BCUT2D eigenvalue weighted by molar-refractivity contribution is 5.77. The summed E-state index contributed by atoms with van der Waals surface area (Å²) in [5, 5.41) is 7.13. The zero-order valence-electron chi connectivity index (χ0n) is 20.8. The molecule has 8 nitrogen and oxygen atoms in total. The number of alkyl halides is 1. The second-order valence-electron chi connectivity index (χ2n) is 9.82. The Labute approximate surface area is 208 Å². The number of anilines is 2. The summed E-state index contributed by atoms with van der Waals surface area (Å²) in [7, 11) is 0. The van der Waals surface area contributed by atoms with Gasteiger partial charge in [-0.1, -0.05) is 26.0 Å². The van der Waals surface area contributed by atoms with Crippen LogP contribution in [-0.4, -0.2) is 37.5 Å². The van der Waals surface area contributed by atoms with E-state index in [1.54, 1.807) is 53.8 Å². The van der Waals surface area contributed by atoms with Gasteiger partial charge < -0.3 is 10.6 Å². The number of pyridine rings is 1. The summed E-state index contributed by atoms with van der Waals surface area (Å²) >= 11 is 0. The first-order chi connectivity index (χ1) is 17.3. The minimum absolute atomic E-state index is 0.226. The van der Waals surface area contributed by atoms with Crippen molar-refractivity contribution in [2.75, 3.05) is 18.5 Å². The number of rotatable bonds is 7. The van der Waals surface area contributed by atoms with Crippen molar-refractivity contribution in [3.63, 3.8) is 0 Å². The first kappa shape index (κ1) is 23.9. The Morgan fingerprint density at radius 2 is 2.08 bits per heavy atom. The van der Waals surface area contributed by atoms with Gasteiger partial charge in [-0.25, -0.2) is 14.3 Å². The Kier molecular flexibility index (Phi) is 6.17. The van der Waals surface area contributed by atoms with Gasteiger partial charge in [-0.3, -0.25) is 14.2 Å². The molecule has 5 rings (SSSR count). The van der Waals surface area contributed by atoms with Crippen molar-refractivity contribution in [3.8, 4) is 5.69 Å². The van der Waals surface area contributed by atoms with Crippen molar-refractivity contribution in [2.45, 2.75) is 45.7 Å². The summed E-state index contributed by atoms with van der Waals surface area (Å²) in [6.07, 6.45) is 5.84. The normalized spacial score (nSPS) is 13.6. The molecule has 2 N–H and O–H groups in total. The van der Waals surface area contributed by atoms with Crippen LogP contribution in [0.5, 0.6) is 0 Å². The average molecular weight is 488 g/mol. The zero-order valence-corrected chi connectivity index (χ0v) is 20.8. The van der Waals surface area contributed by atoms with Crippen molar-refractivity contribution in [1.29, 1.82) is 0 Å². The molecule has 4 aromatic rings. The summed E-state index contributed by atoms with van der Waals surface area (Å²) in [6.45, 7) is 11.0. The molecular formula is C27H30FN7O. The van der Waals surface area contributed by atoms with Crippen molar-refractivity contribution >= 4 is 22.7 Å². The number of nitrogens with zero attached hydrogens (tertiary/aromatic N) is 5. The van der Waals surface area contributed by atoms with Crippen LogP contribution in [0.2, 0.25) is 0 Å². The lowest BCUT2D eigenvalue weighted by Crippen LogP contribution is -2.24. The van der Waals surface area contributed by atoms with E-state index in [1.807, 2.05) is 0 Å². The number of hydrogen-bond acceptors (Lipinski definition) is 6. The summed E-state index contributed by atoms with van der Waals surface area (Å²) in [5.41, 5.74) is 5.35. The summed E-state index contributed by atoms with van der Waals surface area (Å²) in [4.78, 5) is 26.8. The van der Waals surface area contributed by atoms with Crippen molar-refractivity contribution in [3.05, 3.63) is 82.1 Å². The van der Waals surface area contributed by atoms with Crippen molar-refractivity contribution in [2.24, 2.45) is 0 Å². The average Bonchev–Trinajstić information content (AvgIpc) is 3.15. The van der Waals surface area contributed by atoms with Crippen LogP contribution in [0.1, 0.15) is 36.2 Å². The third-order valence-corrected chi connectivity index (χ3v) is 6.67. The van der Waals surface area contributed by atoms with E-state index in [4.69, 9.17) is 4.98 Å². The minimum atomic E-state index is -0.761. The largest absolute Gasteiger partial charge is 0.324 e. The van der Waals surface area contributed by atoms with E-state index in [9.17, 15) is 9.18 Å². The zero-order chi connectivity index (χ0) is 25.4. The van der Waals surface area contributed by atoms with E-state index in [0.29, 0.717) is 28.4 Å². The number of aromatic nitrogens is 5. The SMILES string of the molecule is C=CCn1c(=O)c2cnc(Nc3cc4c(cc3C)CCNC4)nc2n1-c1ccnc(C(C)(C)CF)c1. The predicted molar refractivity (Wildman–Crippen MR) is 140 cm³/mol. The van der Waals surface area contributed by atoms with Gasteiger partial charge in [-0.05, 0) is 54.8 Å². The van der Waals surface area contributed by atoms with Gasteiger partial charge >= 0.3 is 0 Å². The van der Waals surface area contributed by atoms with Gasteiger partial charge in [-0.2, -0.15) is 4.98 Å². The minimum Gasteiger partial charge on any atom is -0.324 e. The molecule has 0 aliphatic carbocycles. The van der Waals surface area contributed by atoms with E-state index in [2.05, 4.69) is 46.2 Å². The lowest BCUT2D eigenvalue weighted by molar-refractivity contribution is 0.344. The monoisotopic (exact) mass is 487 g/mol. The molecule has 36 heavy (non-hydrogen) atoms. The highest BCUT2D eigenvalue weighted by Crippen LogP contribution is 2.27. The van der Waals surface area contributed by atoms with Crippen molar-refractivity contribution in [1.82, 2.24) is 29.6 Å². The Hall–Kier alpha value is -3.85. The fraction of sp³-hybridized carbons (Fsp3) is 0.333.